The fourth-order valence-electron chi connectivity index (χ4n) is 3.25. The van der Waals surface area contributed by atoms with E-state index in [9.17, 15) is 0 Å². The molecule has 5 heteroatoms. The van der Waals surface area contributed by atoms with Crippen LogP contribution in [0.2, 0.25) is 0 Å². The van der Waals surface area contributed by atoms with Crippen LogP contribution in [0.15, 0.2) is 42.5 Å². The molecule has 0 bridgehead atoms. The van der Waals surface area contributed by atoms with Gasteiger partial charge in [-0.05, 0) is 50.1 Å². The summed E-state index contributed by atoms with van der Waals surface area (Å²) in [5.41, 5.74) is 12.7. The molecule has 2 aromatic carbocycles. The van der Waals surface area contributed by atoms with E-state index in [0.717, 1.165) is 25.3 Å². The van der Waals surface area contributed by atoms with Crippen molar-refractivity contribution in [2.45, 2.75) is 32.3 Å². The zero-order chi connectivity index (χ0) is 17.6. The lowest BCUT2D eigenvalue weighted by atomic mass is 9.92. The smallest absolute Gasteiger partial charge is 0.169 e. The summed E-state index contributed by atoms with van der Waals surface area (Å²) >= 11 is 0. The zero-order valence-electron chi connectivity index (χ0n) is 14.7. The second kappa shape index (κ2) is 8.12. The van der Waals surface area contributed by atoms with E-state index in [-0.39, 0.29) is 6.10 Å². The number of hydrogen-bond donors (Lipinski definition) is 3. The third-order valence-corrected chi connectivity index (χ3v) is 4.68. The fraction of sp³-hybridized carbons (Fsp3) is 0.400. The Bertz CT molecular complexity index is 699. The molecule has 3 rings (SSSR count). The molecule has 1 aliphatic heterocycles. The average molecular weight is 341 g/mol. The molecular formula is C20H27N3O2. The van der Waals surface area contributed by atoms with Crippen molar-refractivity contribution in [1.29, 1.82) is 0 Å². The molecule has 0 amide bonds. The molecule has 0 aliphatic carbocycles. The van der Waals surface area contributed by atoms with Crippen molar-refractivity contribution in [3.05, 3.63) is 42.5 Å². The minimum absolute atomic E-state index is 0.175. The summed E-state index contributed by atoms with van der Waals surface area (Å²) in [6.45, 7) is 4.28. The predicted octanol–water partition coefficient (Wildman–Crippen LogP) is 3.80. The normalized spacial score (nSPS) is 18.5. The van der Waals surface area contributed by atoms with Gasteiger partial charge in [-0.1, -0.05) is 19.1 Å². The van der Waals surface area contributed by atoms with E-state index in [0.29, 0.717) is 28.8 Å². The molecule has 1 aliphatic rings. The molecule has 5 N–H and O–H groups in total. The van der Waals surface area contributed by atoms with Gasteiger partial charge in [0.1, 0.15) is 11.9 Å². The summed E-state index contributed by atoms with van der Waals surface area (Å²) in [6, 6.07) is 13.1. The average Bonchev–Trinajstić information content (AvgIpc) is 2.65. The van der Waals surface area contributed by atoms with Crippen LogP contribution in [0, 0.1) is 5.92 Å². The first-order valence-corrected chi connectivity index (χ1v) is 8.96. The van der Waals surface area contributed by atoms with Crippen molar-refractivity contribution in [1.82, 2.24) is 5.32 Å². The largest absolute Gasteiger partial charge is 0.486 e. The Hall–Kier alpha value is -2.40. The Balaban J connectivity index is 1.76. The Morgan fingerprint density at radius 1 is 1.12 bits per heavy atom. The lowest BCUT2D eigenvalue weighted by Crippen LogP contribution is -2.39. The third-order valence-electron chi connectivity index (χ3n) is 4.68. The molecule has 134 valence electrons. The van der Waals surface area contributed by atoms with E-state index in [1.54, 1.807) is 12.1 Å². The molecule has 1 heterocycles. The van der Waals surface area contributed by atoms with Crippen LogP contribution in [0.25, 0.3) is 0 Å². The Labute approximate surface area is 149 Å². The highest BCUT2D eigenvalue weighted by molar-refractivity contribution is 5.65. The summed E-state index contributed by atoms with van der Waals surface area (Å²) in [6.07, 6.45) is 3.54. The fourth-order valence-corrected chi connectivity index (χ4v) is 3.25. The molecule has 1 saturated heterocycles. The number of anilines is 2. The molecule has 5 nitrogen and oxygen atoms in total. The van der Waals surface area contributed by atoms with Gasteiger partial charge >= 0.3 is 0 Å². The van der Waals surface area contributed by atoms with Crippen molar-refractivity contribution >= 4 is 11.4 Å². The Kier molecular flexibility index (Phi) is 5.66. The van der Waals surface area contributed by atoms with Crippen LogP contribution in [-0.4, -0.2) is 19.2 Å². The van der Waals surface area contributed by atoms with Gasteiger partial charge < -0.3 is 26.3 Å². The highest BCUT2D eigenvalue weighted by Crippen LogP contribution is 2.35. The molecule has 0 aromatic heterocycles. The summed E-state index contributed by atoms with van der Waals surface area (Å²) < 4.78 is 12.3. The number of ether oxygens (including phenoxy) is 2. The van der Waals surface area contributed by atoms with Crippen molar-refractivity contribution in [2.75, 3.05) is 24.6 Å². The lowest BCUT2D eigenvalue weighted by Gasteiger charge is -2.31. The summed E-state index contributed by atoms with van der Waals surface area (Å²) in [5, 5.41) is 3.46. The number of rotatable bonds is 6. The van der Waals surface area contributed by atoms with Gasteiger partial charge in [0.15, 0.2) is 11.5 Å². The van der Waals surface area contributed by atoms with E-state index in [4.69, 9.17) is 20.9 Å². The van der Waals surface area contributed by atoms with Crippen LogP contribution >= 0.6 is 0 Å². The highest BCUT2D eigenvalue weighted by Gasteiger charge is 2.24. The number of piperidine rings is 1. The van der Waals surface area contributed by atoms with Crippen molar-refractivity contribution in [2.24, 2.45) is 5.92 Å². The number of nitrogens with one attached hydrogen (secondary N) is 1. The van der Waals surface area contributed by atoms with E-state index >= 15 is 0 Å². The van der Waals surface area contributed by atoms with Gasteiger partial charge in [-0.2, -0.15) is 0 Å². The van der Waals surface area contributed by atoms with E-state index in [2.05, 4.69) is 12.2 Å². The predicted molar refractivity (Wildman–Crippen MR) is 102 cm³/mol. The van der Waals surface area contributed by atoms with Gasteiger partial charge in [-0.3, -0.25) is 0 Å². The Morgan fingerprint density at radius 3 is 2.60 bits per heavy atom. The molecule has 1 fully saturated rings. The van der Waals surface area contributed by atoms with Gasteiger partial charge in [0, 0.05) is 18.5 Å². The van der Waals surface area contributed by atoms with Crippen LogP contribution in [0.3, 0.4) is 0 Å². The maximum atomic E-state index is 6.34. The minimum atomic E-state index is 0.175. The first-order chi connectivity index (χ1) is 12.2. The quantitative estimate of drug-likeness (QED) is 0.696. The van der Waals surface area contributed by atoms with E-state index < -0.39 is 0 Å². The molecule has 2 aromatic rings. The molecule has 0 saturated carbocycles. The molecule has 2 atom stereocenters. The standard InChI is InChI=1S/C20H27N3O2/c1-2-18(14-6-5-11-23-13-14)25-20-8-4-3-7-19(20)24-15-9-10-16(21)17(22)12-15/h3-4,7-10,12,14,18,23H,2,5-6,11,13,21-22H2,1H3. The molecular weight excluding hydrogens is 314 g/mol. The highest BCUT2D eigenvalue weighted by atomic mass is 16.5. The van der Waals surface area contributed by atoms with Crippen LogP contribution < -0.4 is 26.3 Å². The molecule has 0 radical (unpaired) electrons. The van der Waals surface area contributed by atoms with Crippen LogP contribution in [0.1, 0.15) is 26.2 Å². The second-order valence-corrected chi connectivity index (χ2v) is 6.51. The number of hydrogen-bond acceptors (Lipinski definition) is 5. The second-order valence-electron chi connectivity index (χ2n) is 6.51. The lowest BCUT2D eigenvalue weighted by molar-refractivity contribution is 0.108. The van der Waals surface area contributed by atoms with E-state index in [1.165, 1.54) is 12.8 Å². The Morgan fingerprint density at radius 2 is 1.92 bits per heavy atom. The number of nitrogen functional groups attached to an aromatic ring is 2. The van der Waals surface area contributed by atoms with Gasteiger partial charge in [0.2, 0.25) is 0 Å². The topological polar surface area (TPSA) is 82.5 Å². The van der Waals surface area contributed by atoms with Crippen LogP contribution in [-0.2, 0) is 0 Å². The molecule has 25 heavy (non-hydrogen) atoms. The first kappa shape index (κ1) is 17.4. The van der Waals surface area contributed by atoms with Crippen molar-refractivity contribution < 1.29 is 9.47 Å². The molecule has 2 unspecified atom stereocenters. The third kappa shape index (κ3) is 4.37. The zero-order valence-corrected chi connectivity index (χ0v) is 14.7. The summed E-state index contributed by atoms with van der Waals surface area (Å²) in [4.78, 5) is 0. The molecule has 0 spiro atoms. The monoisotopic (exact) mass is 341 g/mol. The van der Waals surface area contributed by atoms with Gasteiger partial charge in [0.25, 0.3) is 0 Å². The minimum Gasteiger partial charge on any atom is -0.486 e. The number of para-hydroxylation sites is 2. The van der Waals surface area contributed by atoms with E-state index in [1.807, 2.05) is 30.3 Å². The van der Waals surface area contributed by atoms with Gasteiger partial charge in [-0.15, -0.1) is 0 Å². The van der Waals surface area contributed by atoms with Gasteiger partial charge in [-0.25, -0.2) is 0 Å². The van der Waals surface area contributed by atoms with Gasteiger partial charge in [0.05, 0.1) is 11.4 Å². The number of benzene rings is 2. The van der Waals surface area contributed by atoms with Crippen LogP contribution in [0.4, 0.5) is 11.4 Å². The van der Waals surface area contributed by atoms with Crippen molar-refractivity contribution in [3.8, 4) is 17.2 Å². The maximum absolute atomic E-state index is 6.34. The summed E-state index contributed by atoms with van der Waals surface area (Å²) in [7, 11) is 0. The maximum Gasteiger partial charge on any atom is 0.169 e. The SMILES string of the molecule is CCC(Oc1ccccc1Oc1ccc(N)c(N)c1)C1CCCNC1. The van der Waals surface area contributed by atoms with Crippen molar-refractivity contribution in [3.63, 3.8) is 0 Å². The van der Waals surface area contributed by atoms with Crippen LogP contribution in [0.5, 0.6) is 17.2 Å². The first-order valence-electron chi connectivity index (χ1n) is 8.96. The summed E-state index contributed by atoms with van der Waals surface area (Å²) in [5.74, 6) is 2.62. The number of nitrogens with two attached hydrogens (primary N) is 2.